The van der Waals surface area contributed by atoms with Gasteiger partial charge in [-0.3, -0.25) is 19.9 Å². The quantitative estimate of drug-likeness (QED) is 0.540. The fraction of sp³-hybridized carbons (Fsp3) is 0.130. The molecule has 0 aromatic carbocycles. The Hall–Kier alpha value is -3.40. The summed E-state index contributed by atoms with van der Waals surface area (Å²) in [5, 5.41) is 0. The van der Waals surface area contributed by atoms with Crippen molar-refractivity contribution in [3.8, 4) is 0 Å². The maximum Gasteiger partial charge on any atom is 0.0939 e. The first kappa shape index (κ1) is 17.0. The molecule has 0 spiro atoms. The van der Waals surface area contributed by atoms with E-state index < -0.39 is 5.41 Å². The summed E-state index contributed by atoms with van der Waals surface area (Å²) < 4.78 is 0. The van der Waals surface area contributed by atoms with Crippen molar-refractivity contribution in [3.05, 3.63) is 120 Å². The zero-order valence-electron chi connectivity index (χ0n) is 15.2. The third-order valence-electron chi connectivity index (χ3n) is 4.76. The van der Waals surface area contributed by atoms with E-state index in [9.17, 15) is 0 Å². The summed E-state index contributed by atoms with van der Waals surface area (Å²) in [5.41, 5.74) is 4.21. The van der Waals surface area contributed by atoms with Crippen molar-refractivity contribution in [2.45, 2.75) is 18.8 Å². The van der Waals surface area contributed by atoms with Gasteiger partial charge in [0, 0.05) is 36.4 Å². The second-order valence-electron chi connectivity index (χ2n) is 6.57. The standard InChI is InChI=1S/C23H20N4/c1-23(20-11-3-6-15-25-20,21-12-4-7-16-26-21)22-13-8-10-19(27-22)17-18-9-2-5-14-24-18/h2-16H,17H2,1H3. The van der Waals surface area contributed by atoms with Gasteiger partial charge in [0.1, 0.15) is 0 Å². The summed E-state index contributed by atoms with van der Waals surface area (Å²) in [5.74, 6) is 0. The summed E-state index contributed by atoms with van der Waals surface area (Å²) in [6.07, 6.45) is 6.13. The van der Waals surface area contributed by atoms with E-state index in [1.54, 1.807) is 0 Å². The Balaban J connectivity index is 1.81. The van der Waals surface area contributed by atoms with Crippen molar-refractivity contribution in [1.29, 1.82) is 0 Å². The highest BCUT2D eigenvalue weighted by Crippen LogP contribution is 2.35. The molecule has 132 valence electrons. The zero-order chi connectivity index (χ0) is 18.5. The van der Waals surface area contributed by atoms with E-state index in [1.165, 1.54) is 0 Å². The van der Waals surface area contributed by atoms with E-state index in [4.69, 9.17) is 4.98 Å². The second kappa shape index (κ2) is 7.46. The number of aromatic nitrogens is 4. The number of hydrogen-bond donors (Lipinski definition) is 0. The molecule has 0 aliphatic heterocycles. The lowest BCUT2D eigenvalue weighted by Crippen LogP contribution is -2.29. The average molecular weight is 352 g/mol. The van der Waals surface area contributed by atoms with Gasteiger partial charge in [-0.25, -0.2) is 0 Å². The Kier molecular flexibility index (Phi) is 4.71. The van der Waals surface area contributed by atoms with Crippen LogP contribution in [0.25, 0.3) is 0 Å². The second-order valence-corrected chi connectivity index (χ2v) is 6.57. The first-order chi connectivity index (χ1) is 13.3. The van der Waals surface area contributed by atoms with Crippen LogP contribution in [0.1, 0.15) is 35.4 Å². The maximum atomic E-state index is 4.97. The van der Waals surface area contributed by atoms with E-state index in [0.717, 1.165) is 28.5 Å². The van der Waals surface area contributed by atoms with Crippen LogP contribution in [0.4, 0.5) is 0 Å². The molecule has 4 rings (SSSR count). The van der Waals surface area contributed by atoms with E-state index in [0.29, 0.717) is 6.42 Å². The molecular weight excluding hydrogens is 332 g/mol. The smallest absolute Gasteiger partial charge is 0.0939 e. The lowest BCUT2D eigenvalue weighted by Gasteiger charge is -2.28. The third-order valence-corrected chi connectivity index (χ3v) is 4.76. The van der Waals surface area contributed by atoms with Crippen LogP contribution in [0.2, 0.25) is 0 Å². The predicted molar refractivity (Wildman–Crippen MR) is 105 cm³/mol. The largest absolute Gasteiger partial charge is 0.261 e. The average Bonchev–Trinajstić information content (AvgIpc) is 2.75. The summed E-state index contributed by atoms with van der Waals surface area (Å²) in [6.45, 7) is 2.13. The van der Waals surface area contributed by atoms with E-state index in [2.05, 4.69) is 21.9 Å². The third kappa shape index (κ3) is 3.47. The van der Waals surface area contributed by atoms with E-state index in [-0.39, 0.29) is 0 Å². The molecule has 4 heterocycles. The minimum atomic E-state index is -0.539. The Morgan fingerprint density at radius 1 is 0.593 bits per heavy atom. The molecule has 4 aromatic rings. The van der Waals surface area contributed by atoms with Crippen molar-refractivity contribution in [3.63, 3.8) is 0 Å². The molecular formula is C23H20N4. The minimum absolute atomic E-state index is 0.539. The number of rotatable bonds is 5. The Bertz CT molecular complexity index is 962. The summed E-state index contributed by atoms with van der Waals surface area (Å²) in [6, 6.07) is 24.0. The van der Waals surface area contributed by atoms with Crippen LogP contribution < -0.4 is 0 Å². The van der Waals surface area contributed by atoms with Crippen molar-refractivity contribution >= 4 is 0 Å². The lowest BCUT2D eigenvalue weighted by atomic mass is 9.78. The minimum Gasteiger partial charge on any atom is -0.261 e. The Morgan fingerprint density at radius 2 is 1.15 bits per heavy atom. The lowest BCUT2D eigenvalue weighted by molar-refractivity contribution is 0.616. The van der Waals surface area contributed by atoms with Gasteiger partial charge < -0.3 is 0 Å². The molecule has 0 atom stereocenters. The summed E-state index contributed by atoms with van der Waals surface area (Å²) >= 11 is 0. The molecule has 0 unspecified atom stereocenters. The van der Waals surface area contributed by atoms with Crippen molar-refractivity contribution in [2.24, 2.45) is 0 Å². The molecule has 0 radical (unpaired) electrons. The van der Waals surface area contributed by atoms with Crippen molar-refractivity contribution < 1.29 is 0 Å². The first-order valence-electron chi connectivity index (χ1n) is 8.96. The SMILES string of the molecule is CC(c1ccccn1)(c1ccccn1)c1cccc(Cc2ccccn2)n1. The topological polar surface area (TPSA) is 51.6 Å². The molecule has 4 nitrogen and oxygen atoms in total. The molecule has 27 heavy (non-hydrogen) atoms. The van der Waals surface area contributed by atoms with E-state index in [1.807, 2.05) is 91.4 Å². The van der Waals surface area contributed by atoms with Crippen molar-refractivity contribution in [2.75, 3.05) is 0 Å². The van der Waals surface area contributed by atoms with E-state index >= 15 is 0 Å². The predicted octanol–water partition coefficient (Wildman–Crippen LogP) is 4.21. The van der Waals surface area contributed by atoms with Gasteiger partial charge in [0.25, 0.3) is 0 Å². The van der Waals surface area contributed by atoms with Gasteiger partial charge >= 0.3 is 0 Å². The molecule has 0 saturated heterocycles. The Morgan fingerprint density at radius 3 is 1.70 bits per heavy atom. The molecule has 0 saturated carbocycles. The normalized spacial score (nSPS) is 11.3. The summed E-state index contributed by atoms with van der Waals surface area (Å²) in [7, 11) is 0. The fourth-order valence-electron chi connectivity index (χ4n) is 3.26. The van der Waals surface area contributed by atoms with Gasteiger partial charge in [-0.05, 0) is 55.5 Å². The molecule has 0 aliphatic carbocycles. The number of nitrogens with zero attached hydrogens (tertiary/aromatic N) is 4. The zero-order valence-corrected chi connectivity index (χ0v) is 15.2. The monoisotopic (exact) mass is 352 g/mol. The first-order valence-corrected chi connectivity index (χ1v) is 8.96. The molecule has 4 aromatic heterocycles. The van der Waals surface area contributed by atoms with Crippen molar-refractivity contribution in [1.82, 2.24) is 19.9 Å². The number of hydrogen-bond acceptors (Lipinski definition) is 4. The van der Waals surface area contributed by atoms with Gasteiger partial charge in [-0.1, -0.05) is 24.3 Å². The molecule has 0 fully saturated rings. The van der Waals surface area contributed by atoms with Gasteiger partial charge in [0.2, 0.25) is 0 Å². The van der Waals surface area contributed by atoms with Crippen LogP contribution in [0.5, 0.6) is 0 Å². The highest BCUT2D eigenvalue weighted by Gasteiger charge is 2.35. The van der Waals surface area contributed by atoms with Crippen LogP contribution >= 0.6 is 0 Å². The highest BCUT2D eigenvalue weighted by atomic mass is 14.8. The molecule has 0 bridgehead atoms. The van der Waals surface area contributed by atoms with Gasteiger partial charge in [0.05, 0.1) is 22.5 Å². The van der Waals surface area contributed by atoms with Crippen LogP contribution in [0.3, 0.4) is 0 Å². The Labute approximate surface area is 159 Å². The maximum absolute atomic E-state index is 4.97. The molecule has 0 amide bonds. The van der Waals surface area contributed by atoms with Gasteiger partial charge in [-0.2, -0.15) is 0 Å². The molecule has 4 heteroatoms. The fourth-order valence-corrected chi connectivity index (χ4v) is 3.26. The molecule has 0 N–H and O–H groups in total. The van der Waals surface area contributed by atoms with Crippen LogP contribution in [0, 0.1) is 0 Å². The summed E-state index contributed by atoms with van der Waals surface area (Å²) in [4.78, 5) is 18.6. The highest BCUT2D eigenvalue weighted by molar-refractivity contribution is 5.41. The van der Waals surface area contributed by atoms with Crippen LogP contribution in [-0.4, -0.2) is 19.9 Å². The van der Waals surface area contributed by atoms with Crippen LogP contribution in [0.15, 0.2) is 91.4 Å². The van der Waals surface area contributed by atoms with Crippen LogP contribution in [-0.2, 0) is 11.8 Å². The number of pyridine rings is 4. The van der Waals surface area contributed by atoms with Gasteiger partial charge in [-0.15, -0.1) is 0 Å². The van der Waals surface area contributed by atoms with Gasteiger partial charge in [0.15, 0.2) is 0 Å². The molecule has 0 aliphatic rings.